The number of allylic oxidation sites excluding steroid dienone is 6. The number of quaternary nitrogens is 1. The number of hydrogen-bond donors (Lipinski definition) is 1. The van der Waals surface area contributed by atoms with Crippen LogP contribution >= 0.6 is 0 Å². The van der Waals surface area contributed by atoms with Gasteiger partial charge in [-0.05, 0) is 77.0 Å². The van der Waals surface area contributed by atoms with Gasteiger partial charge in [0, 0.05) is 0 Å². The van der Waals surface area contributed by atoms with Gasteiger partial charge in [-0.25, -0.2) is 0 Å². The molecule has 68 heavy (non-hydrogen) atoms. The van der Waals surface area contributed by atoms with E-state index in [1.54, 1.807) is 0 Å². The topological polar surface area (TPSA) is 111 Å². The maximum atomic E-state index is 12.5. The van der Waals surface area contributed by atoms with Crippen molar-refractivity contribution >= 4 is 17.9 Å². The Balaban J connectivity index is 0. The van der Waals surface area contributed by atoms with Crippen LogP contribution in [-0.2, 0) is 42.8 Å². The van der Waals surface area contributed by atoms with Crippen LogP contribution in [0.5, 0.6) is 0 Å². The highest BCUT2D eigenvalue weighted by Crippen LogP contribution is 2.12. The molecule has 0 rings (SSSR count). The molecule has 0 aliphatic rings. The first-order chi connectivity index (χ1) is 32.8. The minimum absolute atomic E-state index is 0. The Morgan fingerprint density at radius 3 is 0.838 bits per heavy atom. The molecule has 0 amide bonds. The summed E-state index contributed by atoms with van der Waals surface area (Å²) in [5.41, 5.74) is -0.639. The highest BCUT2D eigenvalue weighted by Gasteiger charge is 2.38. The van der Waals surface area contributed by atoms with Gasteiger partial charge in [-0.15, -0.1) is 0 Å². The van der Waals surface area contributed by atoms with Gasteiger partial charge in [-0.1, -0.05) is 173 Å². The van der Waals surface area contributed by atoms with Gasteiger partial charge in [-0.2, -0.15) is 0 Å². The number of unbranched alkanes of at least 4 members (excludes halogenated alkanes) is 24. The van der Waals surface area contributed by atoms with Crippen LogP contribution in [0, 0.1) is 0 Å². The summed E-state index contributed by atoms with van der Waals surface area (Å²) in [4.78, 5) is 38.6. The summed E-state index contributed by atoms with van der Waals surface area (Å²) >= 11 is 0. The van der Waals surface area contributed by atoms with Crippen LogP contribution in [0.3, 0.4) is 0 Å². The number of ether oxygens (including phenoxy) is 6. The second-order valence-corrected chi connectivity index (χ2v) is 18.9. The van der Waals surface area contributed by atoms with Gasteiger partial charge in [-0.3, -0.25) is 14.4 Å². The van der Waals surface area contributed by atoms with Crippen molar-refractivity contribution in [2.75, 3.05) is 73.6 Å². The molecule has 0 atom stereocenters. The molecule has 0 aliphatic carbocycles. The minimum Gasteiger partial charge on any atom is -1.00 e. The molecule has 10 nitrogen and oxygen atoms in total. The highest BCUT2D eigenvalue weighted by atomic mass is 35.5. The quantitative estimate of drug-likeness (QED) is 0.0276. The van der Waals surface area contributed by atoms with E-state index in [1.807, 2.05) is 14.1 Å². The van der Waals surface area contributed by atoms with Gasteiger partial charge in [0.1, 0.15) is 19.8 Å². The Bertz CT molecular complexity index is 1060. The minimum atomic E-state index is -0.639. The lowest BCUT2D eigenvalue weighted by Crippen LogP contribution is -3.17. The average Bonchev–Trinajstić information content (AvgIpc) is 3.32. The van der Waals surface area contributed by atoms with Crippen molar-refractivity contribution in [2.24, 2.45) is 0 Å². The van der Waals surface area contributed by atoms with E-state index in [0.29, 0.717) is 19.8 Å². The predicted molar refractivity (Wildman–Crippen MR) is 278 cm³/mol. The van der Waals surface area contributed by atoms with E-state index in [2.05, 4.69) is 57.2 Å². The molecule has 0 aliphatic heterocycles. The first-order valence-corrected chi connectivity index (χ1v) is 27.8. The largest absolute Gasteiger partial charge is 1.00 e. The monoisotopic (exact) mass is 984 g/mol. The fourth-order valence-corrected chi connectivity index (χ4v) is 7.49. The first kappa shape index (κ1) is 67.8. The predicted octanol–water partition coefficient (Wildman–Crippen LogP) is 10.2. The van der Waals surface area contributed by atoms with Crippen LogP contribution in [0.1, 0.15) is 233 Å². The third-order valence-electron chi connectivity index (χ3n) is 12.3. The summed E-state index contributed by atoms with van der Waals surface area (Å²) in [5, 5.41) is 0. The summed E-state index contributed by atoms with van der Waals surface area (Å²) in [6.45, 7) is 9.42. The van der Waals surface area contributed by atoms with Crippen molar-refractivity contribution in [2.45, 2.75) is 238 Å². The van der Waals surface area contributed by atoms with Crippen molar-refractivity contribution in [1.29, 1.82) is 0 Å². The first-order valence-electron chi connectivity index (χ1n) is 27.8. The SMILES string of the molecule is CCCC/C=C\CCCCCCCCOC(=O)CCOCC(COCCC(=O)OCCCCCCCC/C=C\CCCC)(COCCC(=O)OCCCCCCCC/C=C\CCCC)[NH+](C)C.[Cl-]. The Hall–Kier alpha value is -2.24. The summed E-state index contributed by atoms with van der Waals surface area (Å²) in [7, 11) is 4.02. The van der Waals surface area contributed by atoms with Gasteiger partial charge in [0.05, 0.1) is 73.0 Å². The van der Waals surface area contributed by atoms with E-state index < -0.39 is 5.54 Å². The molecule has 0 spiro atoms. The van der Waals surface area contributed by atoms with Crippen molar-refractivity contribution in [3.63, 3.8) is 0 Å². The molecule has 400 valence electrons. The molecule has 0 heterocycles. The van der Waals surface area contributed by atoms with Crippen molar-refractivity contribution in [3.8, 4) is 0 Å². The summed E-state index contributed by atoms with van der Waals surface area (Å²) in [6, 6.07) is 0. The maximum Gasteiger partial charge on any atom is 0.308 e. The van der Waals surface area contributed by atoms with Gasteiger partial charge >= 0.3 is 17.9 Å². The molecule has 0 unspecified atom stereocenters. The van der Waals surface area contributed by atoms with Gasteiger partial charge in [0.15, 0.2) is 5.54 Å². The fraction of sp³-hybridized carbons (Fsp3) is 0.842. The van der Waals surface area contributed by atoms with Crippen LogP contribution in [-0.4, -0.2) is 97.0 Å². The van der Waals surface area contributed by atoms with Gasteiger partial charge in [0.2, 0.25) is 0 Å². The van der Waals surface area contributed by atoms with Crippen molar-refractivity contribution < 1.29 is 60.1 Å². The molecular weight excluding hydrogens is 878 g/mol. The number of halogens is 1. The van der Waals surface area contributed by atoms with E-state index in [-0.39, 0.29) is 89.2 Å². The van der Waals surface area contributed by atoms with Crippen molar-refractivity contribution in [3.05, 3.63) is 36.5 Å². The zero-order chi connectivity index (χ0) is 49.0. The smallest absolute Gasteiger partial charge is 0.308 e. The molecule has 11 heteroatoms. The lowest BCUT2D eigenvalue weighted by Gasteiger charge is -2.36. The Kier molecular flexibility index (Phi) is 54.0. The number of carbonyl (C=O) groups excluding carboxylic acids is 3. The summed E-state index contributed by atoms with van der Waals surface area (Å²) < 4.78 is 34.8. The van der Waals surface area contributed by atoms with Crippen LogP contribution < -0.4 is 17.3 Å². The van der Waals surface area contributed by atoms with Crippen molar-refractivity contribution in [1.82, 2.24) is 0 Å². The van der Waals surface area contributed by atoms with Crippen LogP contribution in [0.15, 0.2) is 36.5 Å². The molecular formula is C57H106ClNO9. The van der Waals surface area contributed by atoms with E-state index in [0.717, 1.165) is 62.7 Å². The lowest BCUT2D eigenvalue weighted by molar-refractivity contribution is -0.918. The normalized spacial score (nSPS) is 11.9. The molecule has 0 aromatic heterocycles. The molecule has 0 bridgehead atoms. The third-order valence-corrected chi connectivity index (χ3v) is 12.3. The molecule has 0 saturated carbocycles. The number of esters is 3. The number of carbonyl (C=O) groups is 3. The van der Waals surface area contributed by atoms with Crippen LogP contribution in [0.4, 0.5) is 0 Å². The van der Waals surface area contributed by atoms with E-state index in [9.17, 15) is 14.4 Å². The zero-order valence-corrected chi connectivity index (χ0v) is 45.5. The van der Waals surface area contributed by atoms with Crippen LogP contribution in [0.2, 0.25) is 0 Å². The third kappa shape index (κ3) is 47.4. The number of likely N-dealkylation sites (N-methyl/N-ethyl adjacent to an activating group) is 1. The maximum absolute atomic E-state index is 12.5. The molecule has 1 N–H and O–H groups in total. The Labute approximate surface area is 424 Å². The Morgan fingerprint density at radius 2 is 0.588 bits per heavy atom. The molecule has 0 radical (unpaired) electrons. The molecule has 0 aromatic rings. The summed E-state index contributed by atoms with van der Waals surface area (Å²) in [6.07, 6.45) is 49.5. The standard InChI is InChI=1S/C57H105NO9.ClH/c1-6-9-12-15-18-21-24-27-30-33-36-39-45-65-54(59)42-48-62-51-57(58(4)5,52-63-49-43-55(60)66-46-40-37-34-31-28-25-22-19-16-13-10-7-2)53-64-50-44-56(61)67-47-41-38-35-32-29-26-23-20-17-14-11-8-3;/h15-20H,6-14,21-53H2,1-5H3;1H/b18-15-,19-16-,20-17-;. The lowest BCUT2D eigenvalue weighted by atomic mass is 10.0. The van der Waals surface area contributed by atoms with Crippen LogP contribution in [0.25, 0.3) is 0 Å². The number of hydrogen-bond acceptors (Lipinski definition) is 9. The zero-order valence-electron chi connectivity index (χ0n) is 44.7. The Morgan fingerprint density at radius 1 is 0.353 bits per heavy atom. The molecule has 0 fully saturated rings. The molecule has 0 saturated heterocycles. The van der Waals surface area contributed by atoms with E-state index >= 15 is 0 Å². The second-order valence-electron chi connectivity index (χ2n) is 18.9. The van der Waals surface area contributed by atoms with E-state index in [1.165, 1.54) is 135 Å². The highest BCUT2D eigenvalue weighted by molar-refractivity contribution is 5.70. The second kappa shape index (κ2) is 54.1. The van der Waals surface area contributed by atoms with E-state index in [4.69, 9.17) is 28.4 Å². The number of nitrogens with one attached hydrogen (secondary N) is 1. The average molecular weight is 985 g/mol. The van der Waals surface area contributed by atoms with Gasteiger partial charge < -0.3 is 45.7 Å². The molecule has 0 aromatic carbocycles. The number of rotatable bonds is 52. The summed E-state index contributed by atoms with van der Waals surface area (Å²) in [5.74, 6) is -0.779. The van der Waals surface area contributed by atoms with Gasteiger partial charge in [0.25, 0.3) is 0 Å². The fourth-order valence-electron chi connectivity index (χ4n) is 7.49.